The summed E-state index contributed by atoms with van der Waals surface area (Å²) in [5.41, 5.74) is 7.14. The molecule has 0 unspecified atom stereocenters. The maximum atomic E-state index is 6.07. The molecule has 0 aliphatic carbocycles. The van der Waals surface area contributed by atoms with Gasteiger partial charge in [0.15, 0.2) is 0 Å². The minimum Gasteiger partial charge on any atom is -0.497 e. The van der Waals surface area contributed by atoms with Crippen molar-refractivity contribution in [2.75, 3.05) is 58.0 Å². The number of rotatable bonds is 4. The standard InChI is InChI=1S/C17H25N6O/c1-23(2,13-5-4-6-14(11-13)24-3)16-12-15(18)20-17(21-16)22-9-7-19-8-10-22/h4-6,11-12,19H,7-10H2,1-3H3,(H2,18,20,21)/q+1. The van der Waals surface area contributed by atoms with E-state index in [1.807, 2.05) is 24.3 Å². The molecule has 0 amide bonds. The normalized spacial score (nSPS) is 15.4. The Bertz CT molecular complexity index is 712. The van der Waals surface area contributed by atoms with E-state index in [-0.39, 0.29) is 0 Å². The van der Waals surface area contributed by atoms with Crippen LogP contribution in [0, 0.1) is 0 Å². The molecule has 0 bridgehead atoms. The molecule has 0 spiro atoms. The summed E-state index contributed by atoms with van der Waals surface area (Å²) in [6.07, 6.45) is 0. The van der Waals surface area contributed by atoms with E-state index in [9.17, 15) is 0 Å². The number of nitrogen functional groups attached to an aromatic ring is 1. The monoisotopic (exact) mass is 329 g/mol. The number of nitrogens with two attached hydrogens (primary N) is 1. The van der Waals surface area contributed by atoms with Crippen LogP contribution >= 0.6 is 0 Å². The number of hydrogen-bond acceptors (Lipinski definition) is 6. The molecule has 1 saturated heterocycles. The molecule has 0 radical (unpaired) electrons. The van der Waals surface area contributed by atoms with Gasteiger partial charge >= 0.3 is 0 Å². The van der Waals surface area contributed by atoms with Crippen molar-refractivity contribution in [2.24, 2.45) is 0 Å². The third-order valence-corrected chi connectivity index (χ3v) is 4.39. The van der Waals surface area contributed by atoms with Crippen molar-refractivity contribution < 1.29 is 4.74 Å². The van der Waals surface area contributed by atoms with Gasteiger partial charge in [0.1, 0.15) is 17.3 Å². The van der Waals surface area contributed by atoms with E-state index in [4.69, 9.17) is 15.5 Å². The van der Waals surface area contributed by atoms with Crippen molar-refractivity contribution in [3.8, 4) is 5.75 Å². The zero-order chi connectivity index (χ0) is 17.2. The van der Waals surface area contributed by atoms with Crippen LogP contribution in [-0.2, 0) is 0 Å². The van der Waals surface area contributed by atoms with Gasteiger partial charge in [-0.3, -0.25) is 0 Å². The number of nitrogens with zero attached hydrogens (tertiary/aromatic N) is 4. The fourth-order valence-electron chi connectivity index (χ4n) is 2.82. The Hall–Kier alpha value is -2.38. The summed E-state index contributed by atoms with van der Waals surface area (Å²) in [6, 6.07) is 9.83. The minimum absolute atomic E-state index is 0.461. The molecule has 1 aromatic carbocycles. The molecule has 1 aromatic heterocycles. The minimum atomic E-state index is 0.461. The van der Waals surface area contributed by atoms with Crippen LogP contribution in [0.15, 0.2) is 30.3 Å². The zero-order valence-corrected chi connectivity index (χ0v) is 14.5. The molecule has 0 saturated carbocycles. The number of hydrogen-bond donors (Lipinski definition) is 2. The number of aromatic nitrogens is 2. The highest BCUT2D eigenvalue weighted by atomic mass is 16.5. The molecule has 0 atom stereocenters. The van der Waals surface area contributed by atoms with Gasteiger partial charge in [-0.05, 0) is 12.1 Å². The lowest BCUT2D eigenvalue weighted by molar-refractivity contribution is 0.413. The molecule has 3 N–H and O–H groups in total. The quantitative estimate of drug-likeness (QED) is 0.825. The van der Waals surface area contributed by atoms with Gasteiger partial charge in [-0.15, -0.1) is 0 Å². The van der Waals surface area contributed by atoms with Gasteiger partial charge in [0.2, 0.25) is 11.8 Å². The number of quaternary nitrogens is 1. The number of nitrogens with one attached hydrogen (secondary N) is 1. The molecule has 7 heteroatoms. The topological polar surface area (TPSA) is 76.3 Å². The molecule has 128 valence electrons. The average Bonchev–Trinajstić information content (AvgIpc) is 2.62. The number of piperazine rings is 1. The number of benzene rings is 1. The highest BCUT2D eigenvalue weighted by Gasteiger charge is 2.27. The maximum absolute atomic E-state index is 6.07. The lowest BCUT2D eigenvalue weighted by atomic mass is 10.2. The maximum Gasteiger partial charge on any atom is 0.239 e. The molecule has 2 aromatic rings. The van der Waals surface area contributed by atoms with Crippen LogP contribution < -0.4 is 25.2 Å². The lowest BCUT2D eigenvalue weighted by Gasteiger charge is -2.31. The van der Waals surface area contributed by atoms with Crippen LogP contribution in [0.2, 0.25) is 0 Å². The van der Waals surface area contributed by atoms with Crippen LogP contribution in [0.1, 0.15) is 0 Å². The number of anilines is 2. The highest BCUT2D eigenvalue weighted by molar-refractivity contribution is 5.60. The van der Waals surface area contributed by atoms with Gasteiger partial charge in [0.05, 0.1) is 27.3 Å². The molecule has 1 fully saturated rings. The largest absolute Gasteiger partial charge is 0.497 e. The Morgan fingerprint density at radius 2 is 1.92 bits per heavy atom. The first-order valence-corrected chi connectivity index (χ1v) is 8.10. The van der Waals surface area contributed by atoms with Crippen molar-refractivity contribution in [3.05, 3.63) is 30.3 Å². The average molecular weight is 329 g/mol. The van der Waals surface area contributed by atoms with E-state index in [1.54, 1.807) is 7.11 Å². The van der Waals surface area contributed by atoms with Crippen LogP contribution in [-0.4, -0.2) is 57.4 Å². The van der Waals surface area contributed by atoms with E-state index in [2.05, 4.69) is 35.4 Å². The highest BCUT2D eigenvalue weighted by Crippen LogP contribution is 2.33. The molecule has 1 aliphatic heterocycles. The van der Waals surface area contributed by atoms with E-state index in [0.717, 1.165) is 43.4 Å². The Morgan fingerprint density at radius 3 is 2.62 bits per heavy atom. The first-order chi connectivity index (χ1) is 11.5. The van der Waals surface area contributed by atoms with E-state index in [1.165, 1.54) is 0 Å². The van der Waals surface area contributed by atoms with Crippen molar-refractivity contribution >= 4 is 23.3 Å². The zero-order valence-electron chi connectivity index (χ0n) is 14.5. The summed E-state index contributed by atoms with van der Waals surface area (Å²) >= 11 is 0. The van der Waals surface area contributed by atoms with Crippen molar-refractivity contribution in [1.82, 2.24) is 19.8 Å². The van der Waals surface area contributed by atoms with Crippen LogP contribution in [0.25, 0.3) is 0 Å². The SMILES string of the molecule is COc1cccc([N+](C)(C)c2cc(N)nc(N3CCNCC3)n2)c1. The second-order valence-corrected chi connectivity index (χ2v) is 6.34. The van der Waals surface area contributed by atoms with Gasteiger partial charge < -0.3 is 20.7 Å². The Balaban J connectivity index is 1.98. The molecule has 1 aliphatic rings. The van der Waals surface area contributed by atoms with Crippen molar-refractivity contribution in [1.29, 1.82) is 0 Å². The third kappa shape index (κ3) is 3.27. The Labute approximate surface area is 142 Å². The summed E-state index contributed by atoms with van der Waals surface area (Å²) in [7, 11) is 5.83. The van der Waals surface area contributed by atoms with E-state index < -0.39 is 0 Å². The Kier molecular flexibility index (Phi) is 4.55. The van der Waals surface area contributed by atoms with E-state index in [0.29, 0.717) is 16.2 Å². The van der Waals surface area contributed by atoms with Gasteiger partial charge in [-0.1, -0.05) is 6.07 Å². The summed E-state index contributed by atoms with van der Waals surface area (Å²) in [5.74, 6) is 2.86. The molecule has 7 nitrogen and oxygen atoms in total. The molecule has 3 rings (SSSR count). The fourth-order valence-corrected chi connectivity index (χ4v) is 2.82. The molecule has 24 heavy (non-hydrogen) atoms. The van der Waals surface area contributed by atoms with Crippen LogP contribution in [0.3, 0.4) is 0 Å². The summed E-state index contributed by atoms with van der Waals surface area (Å²) in [6.45, 7) is 3.63. The predicted molar refractivity (Wildman–Crippen MR) is 97.8 cm³/mol. The lowest BCUT2D eigenvalue weighted by Crippen LogP contribution is -2.44. The van der Waals surface area contributed by atoms with Gasteiger partial charge in [-0.25, -0.2) is 4.48 Å². The third-order valence-electron chi connectivity index (χ3n) is 4.39. The second kappa shape index (κ2) is 6.62. The molecule has 2 heterocycles. The van der Waals surface area contributed by atoms with Crippen molar-refractivity contribution in [2.45, 2.75) is 0 Å². The number of methoxy groups -OCH3 is 1. The smallest absolute Gasteiger partial charge is 0.239 e. The Morgan fingerprint density at radius 1 is 1.17 bits per heavy atom. The van der Waals surface area contributed by atoms with Crippen LogP contribution in [0.5, 0.6) is 5.75 Å². The van der Waals surface area contributed by atoms with Gasteiger partial charge in [0.25, 0.3) is 0 Å². The van der Waals surface area contributed by atoms with Crippen LogP contribution in [0.4, 0.5) is 23.3 Å². The van der Waals surface area contributed by atoms with E-state index >= 15 is 0 Å². The first-order valence-electron chi connectivity index (χ1n) is 8.10. The summed E-state index contributed by atoms with van der Waals surface area (Å²) in [4.78, 5) is 11.4. The van der Waals surface area contributed by atoms with Gasteiger partial charge in [0, 0.05) is 32.2 Å². The second-order valence-electron chi connectivity index (χ2n) is 6.34. The van der Waals surface area contributed by atoms with Gasteiger partial charge in [-0.2, -0.15) is 9.97 Å². The fraction of sp³-hybridized carbons (Fsp3) is 0.412. The molecular weight excluding hydrogens is 304 g/mol. The summed E-state index contributed by atoms with van der Waals surface area (Å²) in [5, 5.41) is 3.34. The molecular formula is C17H25N6O+. The first kappa shape index (κ1) is 16.5. The predicted octanol–water partition coefficient (Wildman–Crippen LogP) is 1.38. The van der Waals surface area contributed by atoms with Crippen molar-refractivity contribution in [3.63, 3.8) is 0 Å². The number of ether oxygens (including phenoxy) is 1. The summed E-state index contributed by atoms with van der Waals surface area (Å²) < 4.78 is 5.81.